The van der Waals surface area contributed by atoms with E-state index in [1.165, 1.54) is 13.8 Å². The standard InChI is InChI=1S/C5H8O2.C5H8/c1-4(6)3-5(2)7;1-4-5(2)3/h3H2,1-2H3;4H,1-2H2,3H3. The SMILES string of the molecule is C=CC(=C)C.CC(=O)CC(C)=O. The van der Waals surface area contributed by atoms with Crippen LogP contribution in [0.1, 0.15) is 27.2 Å². The number of allylic oxidation sites excluding steroid dienone is 2. The fourth-order valence-electron chi connectivity index (χ4n) is 0.351. The molecule has 0 N–H and O–H groups in total. The smallest absolute Gasteiger partial charge is 0.137 e. The van der Waals surface area contributed by atoms with E-state index in [0.29, 0.717) is 0 Å². The molecule has 0 amide bonds. The summed E-state index contributed by atoms with van der Waals surface area (Å²) in [5, 5.41) is 0. The second-order valence-corrected chi connectivity index (χ2v) is 2.63. The molecule has 0 heterocycles. The quantitative estimate of drug-likeness (QED) is 0.478. The third-order valence-corrected chi connectivity index (χ3v) is 0.846. The molecular formula is C10H16O2. The van der Waals surface area contributed by atoms with Crippen molar-refractivity contribution < 1.29 is 9.59 Å². The topological polar surface area (TPSA) is 34.1 Å². The van der Waals surface area contributed by atoms with Gasteiger partial charge in [-0.15, -0.1) is 0 Å². The van der Waals surface area contributed by atoms with Crippen LogP contribution < -0.4 is 0 Å². The van der Waals surface area contributed by atoms with Crippen molar-refractivity contribution in [1.29, 1.82) is 0 Å². The Morgan fingerprint density at radius 1 is 1.17 bits per heavy atom. The molecule has 0 bridgehead atoms. The van der Waals surface area contributed by atoms with Gasteiger partial charge < -0.3 is 0 Å². The lowest BCUT2D eigenvalue weighted by molar-refractivity contribution is -0.124. The molecule has 0 atom stereocenters. The highest BCUT2D eigenvalue weighted by molar-refractivity contribution is 5.96. The van der Waals surface area contributed by atoms with Crippen LogP contribution in [-0.2, 0) is 9.59 Å². The zero-order valence-electron chi connectivity index (χ0n) is 8.02. The van der Waals surface area contributed by atoms with Gasteiger partial charge in [0.15, 0.2) is 0 Å². The van der Waals surface area contributed by atoms with Gasteiger partial charge in [-0.2, -0.15) is 0 Å². The summed E-state index contributed by atoms with van der Waals surface area (Å²) in [5.41, 5.74) is 1.02. The first-order chi connectivity index (χ1) is 5.40. The van der Waals surface area contributed by atoms with Crippen LogP contribution in [0.2, 0.25) is 0 Å². The van der Waals surface area contributed by atoms with Crippen LogP contribution in [0.15, 0.2) is 24.8 Å². The Hall–Kier alpha value is -1.18. The van der Waals surface area contributed by atoms with Crippen LogP contribution in [-0.4, -0.2) is 11.6 Å². The maximum absolute atomic E-state index is 10.0. The van der Waals surface area contributed by atoms with Gasteiger partial charge in [0, 0.05) is 0 Å². The van der Waals surface area contributed by atoms with Crippen molar-refractivity contribution in [2.45, 2.75) is 27.2 Å². The summed E-state index contributed by atoms with van der Waals surface area (Å²) in [6, 6.07) is 0. The fourth-order valence-corrected chi connectivity index (χ4v) is 0.351. The van der Waals surface area contributed by atoms with Gasteiger partial charge in [0.05, 0.1) is 6.42 Å². The third-order valence-electron chi connectivity index (χ3n) is 0.846. The number of hydrogen-bond donors (Lipinski definition) is 0. The van der Waals surface area contributed by atoms with Gasteiger partial charge in [-0.05, 0) is 20.8 Å². The lowest BCUT2D eigenvalue weighted by atomic mass is 10.2. The molecule has 0 saturated heterocycles. The van der Waals surface area contributed by atoms with Crippen molar-refractivity contribution >= 4 is 11.6 Å². The molecule has 0 fully saturated rings. The molecule has 0 aliphatic carbocycles. The zero-order chi connectivity index (χ0) is 10.1. The third kappa shape index (κ3) is 23.2. The second-order valence-electron chi connectivity index (χ2n) is 2.63. The molecular weight excluding hydrogens is 152 g/mol. The highest BCUT2D eigenvalue weighted by Gasteiger charge is 1.94. The zero-order valence-corrected chi connectivity index (χ0v) is 8.02. The molecule has 0 spiro atoms. The molecule has 0 saturated carbocycles. The summed E-state index contributed by atoms with van der Waals surface area (Å²) < 4.78 is 0. The van der Waals surface area contributed by atoms with Gasteiger partial charge in [0.1, 0.15) is 11.6 Å². The van der Waals surface area contributed by atoms with Crippen LogP contribution in [0, 0.1) is 0 Å². The Balaban J connectivity index is 0. The summed E-state index contributed by atoms with van der Waals surface area (Å²) in [6.07, 6.45) is 1.81. The molecule has 0 radical (unpaired) electrons. The van der Waals surface area contributed by atoms with Gasteiger partial charge in [-0.1, -0.05) is 24.8 Å². The van der Waals surface area contributed by atoms with Crippen molar-refractivity contribution in [3.63, 3.8) is 0 Å². The van der Waals surface area contributed by atoms with Gasteiger partial charge in [0.25, 0.3) is 0 Å². The average molecular weight is 168 g/mol. The summed E-state index contributed by atoms with van der Waals surface area (Å²) >= 11 is 0. The minimum atomic E-state index is -0.0625. The lowest BCUT2D eigenvalue weighted by Gasteiger charge is -1.81. The molecule has 0 aromatic heterocycles. The van der Waals surface area contributed by atoms with Crippen molar-refractivity contribution in [2.75, 3.05) is 0 Å². The van der Waals surface area contributed by atoms with Crippen LogP contribution >= 0.6 is 0 Å². The van der Waals surface area contributed by atoms with E-state index in [1.54, 1.807) is 6.08 Å². The average Bonchev–Trinajstić information content (AvgIpc) is 1.85. The number of ketones is 2. The van der Waals surface area contributed by atoms with E-state index < -0.39 is 0 Å². The van der Waals surface area contributed by atoms with E-state index in [2.05, 4.69) is 13.2 Å². The Bertz CT molecular complexity index is 178. The molecule has 0 aliphatic rings. The molecule has 2 heteroatoms. The summed E-state index contributed by atoms with van der Waals surface area (Å²) in [5.74, 6) is -0.125. The lowest BCUT2D eigenvalue weighted by Crippen LogP contribution is -1.97. The number of carbonyl (C=O) groups excluding carboxylic acids is 2. The first-order valence-electron chi connectivity index (χ1n) is 3.67. The summed E-state index contributed by atoms with van der Waals surface area (Å²) in [6.45, 7) is 11.7. The van der Waals surface area contributed by atoms with Crippen molar-refractivity contribution in [3.05, 3.63) is 24.8 Å². The number of Topliss-reactive ketones (excluding diaryl/α,β-unsaturated/α-hetero) is 2. The Kier molecular flexibility index (Phi) is 8.85. The fraction of sp³-hybridized carbons (Fsp3) is 0.400. The number of rotatable bonds is 3. The monoisotopic (exact) mass is 168 g/mol. The Morgan fingerprint density at radius 3 is 1.42 bits per heavy atom. The number of hydrogen-bond acceptors (Lipinski definition) is 2. The second kappa shape index (κ2) is 7.92. The van der Waals surface area contributed by atoms with E-state index in [-0.39, 0.29) is 18.0 Å². The Morgan fingerprint density at radius 2 is 1.42 bits per heavy atom. The van der Waals surface area contributed by atoms with E-state index in [9.17, 15) is 9.59 Å². The van der Waals surface area contributed by atoms with Crippen LogP contribution in [0.4, 0.5) is 0 Å². The first kappa shape index (κ1) is 13.4. The minimum Gasteiger partial charge on any atom is -0.300 e. The highest BCUT2D eigenvalue weighted by atomic mass is 16.1. The predicted molar refractivity (Wildman–Crippen MR) is 51.0 cm³/mol. The Labute approximate surface area is 74.0 Å². The molecule has 68 valence electrons. The highest BCUT2D eigenvalue weighted by Crippen LogP contribution is 1.81. The summed E-state index contributed by atoms with van der Waals surface area (Å²) in [4.78, 5) is 20.1. The van der Waals surface area contributed by atoms with Crippen molar-refractivity contribution in [2.24, 2.45) is 0 Å². The van der Waals surface area contributed by atoms with Gasteiger partial charge in [-0.25, -0.2) is 0 Å². The van der Waals surface area contributed by atoms with Gasteiger partial charge >= 0.3 is 0 Å². The molecule has 0 rings (SSSR count). The number of carbonyl (C=O) groups is 2. The molecule has 0 aromatic rings. The largest absolute Gasteiger partial charge is 0.300 e. The molecule has 0 aliphatic heterocycles. The van der Waals surface area contributed by atoms with E-state index >= 15 is 0 Å². The molecule has 2 nitrogen and oxygen atoms in total. The van der Waals surface area contributed by atoms with Crippen molar-refractivity contribution in [1.82, 2.24) is 0 Å². The summed E-state index contributed by atoms with van der Waals surface area (Å²) in [7, 11) is 0. The van der Waals surface area contributed by atoms with E-state index in [0.717, 1.165) is 5.57 Å². The van der Waals surface area contributed by atoms with E-state index in [4.69, 9.17) is 0 Å². The van der Waals surface area contributed by atoms with E-state index in [1.807, 2.05) is 6.92 Å². The molecule has 12 heavy (non-hydrogen) atoms. The maximum atomic E-state index is 10.0. The van der Waals surface area contributed by atoms with Crippen LogP contribution in [0.25, 0.3) is 0 Å². The predicted octanol–water partition coefficient (Wildman–Crippen LogP) is 2.30. The van der Waals surface area contributed by atoms with Crippen molar-refractivity contribution in [3.8, 4) is 0 Å². The molecule has 0 unspecified atom stereocenters. The first-order valence-corrected chi connectivity index (χ1v) is 3.67. The molecule has 0 aromatic carbocycles. The minimum absolute atomic E-state index is 0.0625. The van der Waals surface area contributed by atoms with Crippen LogP contribution in [0.3, 0.4) is 0 Å². The van der Waals surface area contributed by atoms with Gasteiger partial charge in [-0.3, -0.25) is 9.59 Å². The van der Waals surface area contributed by atoms with Crippen LogP contribution in [0.5, 0.6) is 0 Å². The maximum Gasteiger partial charge on any atom is 0.137 e. The normalized spacial score (nSPS) is 7.58. The van der Waals surface area contributed by atoms with Gasteiger partial charge in [0.2, 0.25) is 0 Å².